The van der Waals surface area contributed by atoms with Crippen molar-refractivity contribution in [3.63, 3.8) is 0 Å². The first-order chi connectivity index (χ1) is 6.20. The van der Waals surface area contributed by atoms with Gasteiger partial charge >= 0.3 is 0 Å². The summed E-state index contributed by atoms with van der Waals surface area (Å²) in [4.78, 5) is 2.64. The largest absolute Gasteiger partial charge is 0.383 e. The van der Waals surface area contributed by atoms with Gasteiger partial charge < -0.3 is 14.4 Å². The Morgan fingerprint density at radius 3 is 2.69 bits per heavy atom. The van der Waals surface area contributed by atoms with Crippen LogP contribution in [-0.4, -0.2) is 56.8 Å². The molecule has 0 aliphatic carbocycles. The van der Waals surface area contributed by atoms with Crippen LogP contribution in [0.5, 0.6) is 0 Å². The monoisotopic (exact) mass is 253 g/mol. The van der Waals surface area contributed by atoms with Crippen molar-refractivity contribution < 1.29 is 9.47 Å². The van der Waals surface area contributed by atoms with Gasteiger partial charge in [0, 0.05) is 26.8 Å². The van der Waals surface area contributed by atoms with Gasteiger partial charge in [0.1, 0.15) is 0 Å². The molecule has 80 valence electrons. The zero-order valence-electron chi connectivity index (χ0n) is 8.75. The van der Waals surface area contributed by atoms with Gasteiger partial charge in [-0.15, -0.1) is 0 Å². The lowest BCUT2D eigenvalue weighted by Gasteiger charge is -2.19. The van der Waals surface area contributed by atoms with E-state index >= 15 is 0 Å². The van der Waals surface area contributed by atoms with Crippen molar-refractivity contribution in [1.82, 2.24) is 4.90 Å². The third kappa shape index (κ3) is 8.68. The van der Waals surface area contributed by atoms with Gasteiger partial charge in [-0.05, 0) is 14.0 Å². The summed E-state index contributed by atoms with van der Waals surface area (Å²) >= 11 is 3.54. The summed E-state index contributed by atoms with van der Waals surface area (Å²) < 4.78 is 10.3. The fraction of sp³-hybridized carbons (Fsp3) is 1.00. The molecule has 0 aromatic carbocycles. The molecular formula is C9H20BrNO2. The van der Waals surface area contributed by atoms with Crippen molar-refractivity contribution in [2.75, 3.05) is 47.1 Å². The second-order valence-electron chi connectivity index (χ2n) is 3.01. The van der Waals surface area contributed by atoms with E-state index in [-0.39, 0.29) is 0 Å². The van der Waals surface area contributed by atoms with Crippen molar-refractivity contribution >= 4 is 15.9 Å². The average Bonchev–Trinajstić information content (AvgIpc) is 2.05. The second kappa shape index (κ2) is 8.94. The average molecular weight is 254 g/mol. The number of hydrogen-bond acceptors (Lipinski definition) is 3. The fourth-order valence-corrected chi connectivity index (χ4v) is 1.79. The van der Waals surface area contributed by atoms with Gasteiger partial charge in [-0.3, -0.25) is 0 Å². The van der Waals surface area contributed by atoms with Gasteiger partial charge in [-0.1, -0.05) is 15.9 Å². The molecule has 0 aromatic heterocycles. The third-order valence-corrected chi connectivity index (χ3v) is 2.23. The Hall–Kier alpha value is 0.360. The van der Waals surface area contributed by atoms with Crippen molar-refractivity contribution in [2.24, 2.45) is 0 Å². The second-order valence-corrected chi connectivity index (χ2v) is 4.31. The van der Waals surface area contributed by atoms with Crippen molar-refractivity contribution in [1.29, 1.82) is 0 Å². The normalized spacial score (nSPS) is 13.6. The van der Waals surface area contributed by atoms with E-state index < -0.39 is 0 Å². The topological polar surface area (TPSA) is 21.7 Å². The fourth-order valence-electron chi connectivity index (χ4n) is 1.03. The summed E-state index contributed by atoms with van der Waals surface area (Å²) in [7, 11) is 3.80. The molecule has 3 nitrogen and oxygen atoms in total. The summed E-state index contributed by atoms with van der Waals surface area (Å²) in [6.45, 7) is 6.32. The Bertz CT molecular complexity index is 114. The minimum Gasteiger partial charge on any atom is -0.383 e. The first-order valence-corrected chi connectivity index (χ1v) is 5.51. The molecular weight excluding hydrogens is 234 g/mol. The predicted octanol–water partition coefficient (Wildman–Crippen LogP) is 1.36. The van der Waals surface area contributed by atoms with E-state index in [2.05, 4.69) is 27.9 Å². The molecule has 0 saturated carbocycles. The Balaban J connectivity index is 3.32. The number of likely N-dealkylation sites (N-methyl/N-ethyl adjacent to an activating group) is 1. The van der Waals surface area contributed by atoms with E-state index in [0.29, 0.717) is 4.83 Å². The molecule has 0 aliphatic rings. The molecule has 0 spiro atoms. The van der Waals surface area contributed by atoms with Gasteiger partial charge in [-0.2, -0.15) is 0 Å². The molecule has 1 atom stereocenters. The van der Waals surface area contributed by atoms with Gasteiger partial charge in [0.15, 0.2) is 0 Å². The van der Waals surface area contributed by atoms with Gasteiger partial charge in [-0.25, -0.2) is 0 Å². The quantitative estimate of drug-likeness (QED) is 0.482. The van der Waals surface area contributed by atoms with Crippen LogP contribution in [0.3, 0.4) is 0 Å². The maximum atomic E-state index is 5.26. The van der Waals surface area contributed by atoms with Crippen LogP contribution in [0.1, 0.15) is 6.92 Å². The summed E-state index contributed by atoms with van der Waals surface area (Å²) in [6.07, 6.45) is 0. The molecule has 0 aliphatic heterocycles. The van der Waals surface area contributed by atoms with Gasteiger partial charge in [0.2, 0.25) is 0 Å². The highest BCUT2D eigenvalue weighted by Gasteiger charge is 2.06. The molecule has 0 heterocycles. The standard InChI is InChI=1S/C9H20BrNO2/c1-4-13-6-5-11(2)7-9(10)8-12-3/h9H,4-8H2,1-3H3. The molecule has 0 fully saturated rings. The molecule has 0 rings (SSSR count). The SMILES string of the molecule is CCOCCN(C)CC(Br)COC. The van der Waals surface area contributed by atoms with Crippen LogP contribution in [0, 0.1) is 0 Å². The smallest absolute Gasteiger partial charge is 0.0600 e. The molecule has 0 bridgehead atoms. The minimum atomic E-state index is 0.407. The maximum Gasteiger partial charge on any atom is 0.0600 e. The van der Waals surface area contributed by atoms with Crippen LogP contribution in [0.25, 0.3) is 0 Å². The van der Waals surface area contributed by atoms with E-state index in [1.54, 1.807) is 7.11 Å². The first-order valence-electron chi connectivity index (χ1n) is 4.60. The summed E-state index contributed by atoms with van der Waals surface area (Å²) in [6, 6.07) is 0. The first kappa shape index (κ1) is 13.4. The number of ether oxygens (including phenoxy) is 2. The maximum absolute atomic E-state index is 5.26. The highest BCUT2D eigenvalue weighted by molar-refractivity contribution is 9.09. The predicted molar refractivity (Wildman–Crippen MR) is 58.6 cm³/mol. The summed E-state index contributed by atoms with van der Waals surface area (Å²) in [5.74, 6) is 0. The molecule has 0 aromatic rings. The molecule has 0 amide bonds. The molecule has 0 saturated heterocycles. The van der Waals surface area contributed by atoms with Crippen LogP contribution in [-0.2, 0) is 9.47 Å². The van der Waals surface area contributed by atoms with Gasteiger partial charge in [0.05, 0.1) is 18.0 Å². The Morgan fingerprint density at radius 2 is 2.15 bits per heavy atom. The van der Waals surface area contributed by atoms with Crippen LogP contribution < -0.4 is 0 Å². The summed E-state index contributed by atoms with van der Waals surface area (Å²) in [5.41, 5.74) is 0. The summed E-state index contributed by atoms with van der Waals surface area (Å²) in [5, 5.41) is 0. The minimum absolute atomic E-state index is 0.407. The van der Waals surface area contributed by atoms with E-state index in [9.17, 15) is 0 Å². The highest BCUT2D eigenvalue weighted by Crippen LogP contribution is 2.01. The number of halogens is 1. The van der Waals surface area contributed by atoms with Crippen LogP contribution in [0.4, 0.5) is 0 Å². The molecule has 0 N–H and O–H groups in total. The number of hydrogen-bond donors (Lipinski definition) is 0. The lowest BCUT2D eigenvalue weighted by Crippen LogP contribution is -2.31. The molecule has 0 radical (unpaired) electrons. The molecule has 4 heteroatoms. The number of alkyl halides is 1. The van der Waals surface area contributed by atoms with Crippen LogP contribution in [0.2, 0.25) is 0 Å². The van der Waals surface area contributed by atoms with Gasteiger partial charge in [0.25, 0.3) is 0 Å². The number of rotatable bonds is 8. The lowest BCUT2D eigenvalue weighted by atomic mass is 10.4. The lowest BCUT2D eigenvalue weighted by molar-refractivity contribution is 0.118. The van der Waals surface area contributed by atoms with Crippen molar-refractivity contribution in [3.8, 4) is 0 Å². The zero-order valence-corrected chi connectivity index (χ0v) is 10.3. The van der Waals surface area contributed by atoms with Crippen LogP contribution >= 0.6 is 15.9 Å². The van der Waals surface area contributed by atoms with Crippen LogP contribution in [0.15, 0.2) is 0 Å². The van der Waals surface area contributed by atoms with E-state index in [1.807, 2.05) is 6.92 Å². The Kier molecular flexibility index (Phi) is 9.18. The molecule has 1 unspecified atom stereocenters. The Morgan fingerprint density at radius 1 is 1.46 bits per heavy atom. The number of nitrogens with zero attached hydrogens (tertiary/aromatic N) is 1. The zero-order chi connectivity index (χ0) is 10.1. The highest BCUT2D eigenvalue weighted by atomic mass is 79.9. The molecule has 13 heavy (non-hydrogen) atoms. The Labute approximate surface area is 89.5 Å². The van der Waals surface area contributed by atoms with E-state index in [4.69, 9.17) is 9.47 Å². The third-order valence-electron chi connectivity index (χ3n) is 1.68. The van der Waals surface area contributed by atoms with E-state index in [0.717, 1.165) is 32.9 Å². The van der Waals surface area contributed by atoms with E-state index in [1.165, 1.54) is 0 Å². The number of methoxy groups -OCH3 is 1. The van der Waals surface area contributed by atoms with Crippen molar-refractivity contribution in [3.05, 3.63) is 0 Å². The van der Waals surface area contributed by atoms with Crippen molar-refractivity contribution in [2.45, 2.75) is 11.8 Å².